The van der Waals surface area contributed by atoms with Crippen LogP contribution in [0.4, 0.5) is 8.78 Å². The molecule has 2 aliphatic rings. The maximum absolute atomic E-state index is 13.4. The molecule has 0 radical (unpaired) electrons. The molecule has 1 unspecified atom stereocenters. The predicted molar refractivity (Wildman–Crippen MR) is 61.9 cm³/mol. The second-order valence-corrected chi connectivity index (χ2v) is 4.77. The Labute approximate surface area is 104 Å². The van der Waals surface area contributed by atoms with Gasteiger partial charge >= 0.3 is 0 Å². The third-order valence-corrected chi connectivity index (χ3v) is 3.34. The molecule has 5 heteroatoms. The lowest BCUT2D eigenvalue weighted by Crippen LogP contribution is -2.40. The van der Waals surface area contributed by atoms with Gasteiger partial charge in [-0.1, -0.05) is 0 Å². The summed E-state index contributed by atoms with van der Waals surface area (Å²) in [5, 5.41) is 0. The molecule has 0 aliphatic carbocycles. The average molecular weight is 255 g/mol. The van der Waals surface area contributed by atoms with Crippen LogP contribution >= 0.6 is 0 Å². The number of benzene rings is 1. The highest BCUT2D eigenvalue weighted by molar-refractivity contribution is 5.42. The van der Waals surface area contributed by atoms with Crippen LogP contribution in [0.3, 0.4) is 0 Å². The molecule has 1 atom stereocenters. The van der Waals surface area contributed by atoms with E-state index in [1.54, 1.807) is 0 Å². The third-order valence-electron chi connectivity index (χ3n) is 3.34. The smallest absolute Gasteiger partial charge is 0.197 e. The van der Waals surface area contributed by atoms with Crippen molar-refractivity contribution in [2.45, 2.75) is 18.9 Å². The lowest BCUT2D eigenvalue weighted by atomic mass is 10.2. The Morgan fingerprint density at radius 2 is 2.00 bits per heavy atom. The van der Waals surface area contributed by atoms with Gasteiger partial charge in [0.25, 0.3) is 0 Å². The average Bonchev–Trinajstić information content (AvgIpc) is 2.81. The number of rotatable bonds is 2. The Bertz CT molecular complexity index is 447. The zero-order chi connectivity index (χ0) is 12.5. The van der Waals surface area contributed by atoms with E-state index in [4.69, 9.17) is 9.47 Å². The van der Waals surface area contributed by atoms with Gasteiger partial charge in [-0.05, 0) is 25.9 Å². The van der Waals surface area contributed by atoms with Crippen molar-refractivity contribution in [3.63, 3.8) is 0 Å². The summed E-state index contributed by atoms with van der Waals surface area (Å²) in [6.07, 6.45) is 2.25. The van der Waals surface area contributed by atoms with Gasteiger partial charge in [0.05, 0.1) is 0 Å². The minimum atomic E-state index is -0.704. The first-order valence-electron chi connectivity index (χ1n) is 6.23. The fourth-order valence-electron chi connectivity index (χ4n) is 2.50. The first-order valence-corrected chi connectivity index (χ1v) is 6.23. The summed E-state index contributed by atoms with van der Waals surface area (Å²) >= 11 is 0. The van der Waals surface area contributed by atoms with Gasteiger partial charge in [0.1, 0.15) is 18.5 Å². The molecule has 0 spiro atoms. The van der Waals surface area contributed by atoms with Gasteiger partial charge in [-0.15, -0.1) is 0 Å². The molecule has 3 nitrogen and oxygen atoms in total. The van der Waals surface area contributed by atoms with Gasteiger partial charge in [0, 0.05) is 18.7 Å². The zero-order valence-electron chi connectivity index (χ0n) is 9.99. The number of nitrogens with zero attached hydrogens (tertiary/aromatic N) is 1. The van der Waals surface area contributed by atoms with Crippen LogP contribution in [0.5, 0.6) is 11.5 Å². The third kappa shape index (κ3) is 2.27. The number of hydrogen-bond acceptors (Lipinski definition) is 3. The minimum absolute atomic E-state index is 0.0223. The predicted octanol–water partition coefficient (Wildman–Crippen LogP) is 2.20. The lowest BCUT2D eigenvalue weighted by Gasteiger charge is -2.29. The second-order valence-electron chi connectivity index (χ2n) is 4.77. The summed E-state index contributed by atoms with van der Waals surface area (Å²) in [4.78, 5) is 2.29. The van der Waals surface area contributed by atoms with E-state index >= 15 is 0 Å². The van der Waals surface area contributed by atoms with Gasteiger partial charge < -0.3 is 9.47 Å². The van der Waals surface area contributed by atoms with Crippen LogP contribution < -0.4 is 9.47 Å². The van der Waals surface area contributed by atoms with Gasteiger partial charge in [-0.2, -0.15) is 0 Å². The molecule has 1 aromatic rings. The van der Waals surface area contributed by atoms with Crippen molar-refractivity contribution in [3.05, 3.63) is 23.8 Å². The molecule has 0 N–H and O–H groups in total. The van der Waals surface area contributed by atoms with Crippen LogP contribution in [0, 0.1) is 11.6 Å². The quantitative estimate of drug-likeness (QED) is 0.808. The van der Waals surface area contributed by atoms with E-state index in [1.165, 1.54) is 18.9 Å². The first-order chi connectivity index (χ1) is 8.72. The van der Waals surface area contributed by atoms with E-state index in [0.717, 1.165) is 25.7 Å². The number of likely N-dealkylation sites (tertiary alicyclic amines) is 1. The molecule has 2 aliphatic heterocycles. The molecule has 18 heavy (non-hydrogen) atoms. The highest BCUT2D eigenvalue weighted by atomic mass is 19.1. The van der Waals surface area contributed by atoms with E-state index in [2.05, 4.69) is 4.90 Å². The summed E-state index contributed by atoms with van der Waals surface area (Å²) in [5.41, 5.74) is 0. The maximum atomic E-state index is 13.4. The fourth-order valence-corrected chi connectivity index (χ4v) is 2.50. The highest BCUT2D eigenvalue weighted by Gasteiger charge is 2.27. The molecule has 1 saturated heterocycles. The van der Waals surface area contributed by atoms with Gasteiger partial charge in [-0.25, -0.2) is 8.78 Å². The minimum Gasteiger partial charge on any atom is -0.483 e. The van der Waals surface area contributed by atoms with Crippen molar-refractivity contribution < 1.29 is 18.3 Å². The van der Waals surface area contributed by atoms with Crippen LogP contribution in [-0.2, 0) is 0 Å². The van der Waals surface area contributed by atoms with E-state index in [1.807, 2.05) is 0 Å². The summed E-state index contributed by atoms with van der Waals surface area (Å²) in [6.45, 7) is 3.18. The van der Waals surface area contributed by atoms with Crippen LogP contribution in [0.1, 0.15) is 12.8 Å². The first kappa shape index (κ1) is 11.7. The van der Waals surface area contributed by atoms with Crippen molar-refractivity contribution in [3.8, 4) is 11.5 Å². The van der Waals surface area contributed by atoms with Crippen LogP contribution in [0.15, 0.2) is 12.1 Å². The van der Waals surface area contributed by atoms with Crippen molar-refractivity contribution >= 4 is 0 Å². The van der Waals surface area contributed by atoms with E-state index < -0.39 is 11.6 Å². The summed E-state index contributed by atoms with van der Waals surface area (Å²) < 4.78 is 37.5. The van der Waals surface area contributed by atoms with Crippen molar-refractivity contribution in [2.24, 2.45) is 0 Å². The Morgan fingerprint density at radius 1 is 1.22 bits per heavy atom. The SMILES string of the molecule is Fc1cc(F)c2c(c1)OC(CN1CCCC1)CO2. The van der Waals surface area contributed by atoms with Crippen LogP contribution in [0.25, 0.3) is 0 Å². The monoisotopic (exact) mass is 255 g/mol. The van der Waals surface area contributed by atoms with Crippen LogP contribution in [0.2, 0.25) is 0 Å². The maximum Gasteiger partial charge on any atom is 0.197 e. The Balaban J connectivity index is 1.72. The number of hydrogen-bond donors (Lipinski definition) is 0. The van der Waals surface area contributed by atoms with Crippen molar-refractivity contribution in [2.75, 3.05) is 26.2 Å². The Kier molecular flexibility index (Phi) is 3.07. The molecule has 1 fully saturated rings. The molecule has 2 heterocycles. The standard InChI is InChI=1S/C13H15F2NO2/c14-9-5-11(15)13-12(6-9)18-10(8-17-13)7-16-3-1-2-4-16/h5-6,10H,1-4,7-8H2. The molecule has 0 aromatic heterocycles. The normalized spacial score (nSPS) is 23.3. The Morgan fingerprint density at radius 3 is 2.78 bits per heavy atom. The van der Waals surface area contributed by atoms with E-state index in [9.17, 15) is 8.78 Å². The fraction of sp³-hybridized carbons (Fsp3) is 0.538. The summed E-state index contributed by atoms with van der Waals surface area (Å²) in [6, 6.07) is 1.98. The summed E-state index contributed by atoms with van der Waals surface area (Å²) in [7, 11) is 0. The van der Waals surface area contributed by atoms with Crippen molar-refractivity contribution in [1.82, 2.24) is 4.90 Å². The lowest BCUT2D eigenvalue weighted by molar-refractivity contribution is 0.0612. The summed E-state index contributed by atoms with van der Waals surface area (Å²) in [5.74, 6) is -1.15. The van der Waals surface area contributed by atoms with Crippen LogP contribution in [-0.4, -0.2) is 37.2 Å². The molecular formula is C13H15F2NO2. The molecule has 0 saturated carbocycles. The number of halogens is 2. The van der Waals surface area contributed by atoms with Gasteiger partial charge in [0.15, 0.2) is 17.3 Å². The molecule has 0 bridgehead atoms. The molecular weight excluding hydrogens is 240 g/mol. The topological polar surface area (TPSA) is 21.7 Å². The highest BCUT2D eigenvalue weighted by Crippen LogP contribution is 2.35. The zero-order valence-corrected chi connectivity index (χ0v) is 9.99. The van der Waals surface area contributed by atoms with E-state index in [0.29, 0.717) is 6.61 Å². The van der Waals surface area contributed by atoms with Gasteiger partial charge in [-0.3, -0.25) is 4.90 Å². The van der Waals surface area contributed by atoms with Crippen molar-refractivity contribution in [1.29, 1.82) is 0 Å². The molecule has 3 rings (SSSR count). The van der Waals surface area contributed by atoms with Gasteiger partial charge in [0.2, 0.25) is 0 Å². The second kappa shape index (κ2) is 4.72. The molecule has 0 amide bonds. The van der Waals surface area contributed by atoms with E-state index in [-0.39, 0.29) is 17.6 Å². The molecule has 98 valence electrons. The number of fused-ring (bicyclic) bond motifs is 1. The largest absolute Gasteiger partial charge is 0.483 e. The number of ether oxygens (including phenoxy) is 2. The molecule has 1 aromatic carbocycles. The Hall–Kier alpha value is -1.36.